The summed E-state index contributed by atoms with van der Waals surface area (Å²) in [6.07, 6.45) is 3.85. The SMILES string of the molecule is CCC(C)CC(C)(C)CC(C)(C)c1ccccc1. The van der Waals surface area contributed by atoms with Crippen LogP contribution in [0.5, 0.6) is 0 Å². The van der Waals surface area contributed by atoms with Crippen LogP contribution < -0.4 is 0 Å². The zero-order valence-electron chi connectivity index (χ0n) is 13.1. The Hall–Kier alpha value is -0.780. The van der Waals surface area contributed by atoms with Crippen LogP contribution in [0, 0.1) is 11.3 Å². The highest BCUT2D eigenvalue weighted by molar-refractivity contribution is 5.23. The van der Waals surface area contributed by atoms with E-state index in [1.54, 1.807) is 0 Å². The van der Waals surface area contributed by atoms with Gasteiger partial charge >= 0.3 is 0 Å². The molecular formula is C18H30. The Morgan fingerprint density at radius 3 is 2.06 bits per heavy atom. The largest absolute Gasteiger partial charge is 0.0651 e. The molecule has 0 aliphatic carbocycles. The first kappa shape index (κ1) is 15.3. The van der Waals surface area contributed by atoms with E-state index in [9.17, 15) is 0 Å². The fourth-order valence-electron chi connectivity index (χ4n) is 3.35. The van der Waals surface area contributed by atoms with E-state index in [0.29, 0.717) is 5.41 Å². The van der Waals surface area contributed by atoms with Crippen molar-refractivity contribution in [2.24, 2.45) is 11.3 Å². The lowest BCUT2D eigenvalue weighted by atomic mass is 9.68. The Morgan fingerprint density at radius 2 is 1.56 bits per heavy atom. The van der Waals surface area contributed by atoms with Gasteiger partial charge in [0.2, 0.25) is 0 Å². The zero-order valence-corrected chi connectivity index (χ0v) is 13.1. The molecule has 1 aromatic rings. The van der Waals surface area contributed by atoms with Crippen molar-refractivity contribution in [3.8, 4) is 0 Å². The van der Waals surface area contributed by atoms with Crippen LogP contribution in [0.15, 0.2) is 30.3 Å². The third-order valence-corrected chi connectivity index (χ3v) is 4.07. The first-order valence-corrected chi connectivity index (χ1v) is 7.32. The van der Waals surface area contributed by atoms with Crippen molar-refractivity contribution in [3.63, 3.8) is 0 Å². The molecule has 1 aromatic carbocycles. The molecule has 0 heteroatoms. The molecule has 102 valence electrons. The van der Waals surface area contributed by atoms with Gasteiger partial charge in [-0.05, 0) is 35.2 Å². The van der Waals surface area contributed by atoms with Crippen LogP contribution in [0.4, 0.5) is 0 Å². The van der Waals surface area contributed by atoms with Gasteiger partial charge in [0.15, 0.2) is 0 Å². The van der Waals surface area contributed by atoms with E-state index in [0.717, 1.165) is 5.92 Å². The first-order chi connectivity index (χ1) is 8.27. The number of rotatable bonds is 6. The third kappa shape index (κ3) is 4.48. The lowest BCUT2D eigenvalue weighted by Crippen LogP contribution is -2.28. The molecule has 0 aliphatic rings. The van der Waals surface area contributed by atoms with Gasteiger partial charge in [0.25, 0.3) is 0 Å². The summed E-state index contributed by atoms with van der Waals surface area (Å²) < 4.78 is 0. The highest BCUT2D eigenvalue weighted by Gasteiger charge is 2.30. The first-order valence-electron chi connectivity index (χ1n) is 7.32. The molecule has 1 rings (SSSR count). The number of hydrogen-bond donors (Lipinski definition) is 0. The van der Waals surface area contributed by atoms with Crippen molar-refractivity contribution in [1.82, 2.24) is 0 Å². The van der Waals surface area contributed by atoms with Crippen molar-refractivity contribution in [3.05, 3.63) is 35.9 Å². The van der Waals surface area contributed by atoms with Gasteiger partial charge in [-0.1, -0.05) is 78.3 Å². The van der Waals surface area contributed by atoms with Crippen LogP contribution in [0.2, 0.25) is 0 Å². The molecule has 0 saturated heterocycles. The Balaban J connectivity index is 2.76. The minimum Gasteiger partial charge on any atom is -0.0651 e. The summed E-state index contributed by atoms with van der Waals surface area (Å²) in [6.45, 7) is 14.3. The molecule has 0 fully saturated rings. The summed E-state index contributed by atoms with van der Waals surface area (Å²) in [5.41, 5.74) is 2.13. The molecule has 18 heavy (non-hydrogen) atoms. The highest BCUT2D eigenvalue weighted by Crippen LogP contribution is 2.40. The Bertz CT molecular complexity index is 346. The predicted octanol–water partition coefficient (Wildman–Crippen LogP) is 5.82. The maximum atomic E-state index is 2.42. The topological polar surface area (TPSA) is 0 Å². The quantitative estimate of drug-likeness (QED) is 0.593. The van der Waals surface area contributed by atoms with Crippen LogP contribution in [0.3, 0.4) is 0 Å². The van der Waals surface area contributed by atoms with Gasteiger partial charge in [0.05, 0.1) is 0 Å². The van der Waals surface area contributed by atoms with Crippen LogP contribution in [-0.2, 0) is 5.41 Å². The van der Waals surface area contributed by atoms with E-state index in [-0.39, 0.29) is 5.41 Å². The van der Waals surface area contributed by atoms with E-state index in [2.05, 4.69) is 71.9 Å². The molecule has 0 amide bonds. The number of hydrogen-bond acceptors (Lipinski definition) is 0. The van der Waals surface area contributed by atoms with Gasteiger partial charge in [-0.15, -0.1) is 0 Å². The molecule has 1 atom stereocenters. The van der Waals surface area contributed by atoms with Crippen molar-refractivity contribution in [2.45, 2.75) is 66.2 Å². The molecule has 0 aromatic heterocycles. The summed E-state index contributed by atoms with van der Waals surface area (Å²) >= 11 is 0. The van der Waals surface area contributed by atoms with Gasteiger partial charge in [-0.3, -0.25) is 0 Å². The maximum Gasteiger partial charge on any atom is -0.00985 e. The van der Waals surface area contributed by atoms with Crippen LogP contribution in [0.1, 0.15) is 66.4 Å². The standard InChI is InChI=1S/C18H30/c1-7-15(2)13-17(3,4)14-18(5,6)16-11-9-8-10-12-16/h8-12,15H,7,13-14H2,1-6H3. The Morgan fingerprint density at radius 1 is 1.00 bits per heavy atom. The second-order valence-electron chi connectivity index (χ2n) is 7.31. The van der Waals surface area contributed by atoms with Crippen molar-refractivity contribution >= 4 is 0 Å². The minimum absolute atomic E-state index is 0.262. The van der Waals surface area contributed by atoms with Crippen molar-refractivity contribution < 1.29 is 0 Å². The summed E-state index contributed by atoms with van der Waals surface area (Å²) in [4.78, 5) is 0. The Kier molecular flexibility index (Phi) is 5.01. The molecular weight excluding hydrogens is 216 g/mol. The fraction of sp³-hybridized carbons (Fsp3) is 0.667. The average molecular weight is 246 g/mol. The molecule has 1 unspecified atom stereocenters. The van der Waals surface area contributed by atoms with E-state index in [1.807, 2.05) is 0 Å². The minimum atomic E-state index is 0.262. The zero-order chi connectivity index (χ0) is 13.8. The normalized spacial score (nSPS) is 14.6. The second kappa shape index (κ2) is 5.91. The average Bonchev–Trinajstić information content (AvgIpc) is 2.28. The van der Waals surface area contributed by atoms with Crippen molar-refractivity contribution in [1.29, 1.82) is 0 Å². The third-order valence-electron chi connectivity index (χ3n) is 4.07. The van der Waals surface area contributed by atoms with Gasteiger partial charge in [0, 0.05) is 0 Å². The van der Waals surface area contributed by atoms with Gasteiger partial charge in [-0.25, -0.2) is 0 Å². The second-order valence-corrected chi connectivity index (χ2v) is 7.31. The fourth-order valence-corrected chi connectivity index (χ4v) is 3.35. The molecule has 0 nitrogen and oxygen atoms in total. The highest BCUT2D eigenvalue weighted by atomic mass is 14.4. The van der Waals surface area contributed by atoms with Crippen LogP contribution in [-0.4, -0.2) is 0 Å². The summed E-state index contributed by atoms with van der Waals surface area (Å²) in [6, 6.07) is 10.9. The summed E-state index contributed by atoms with van der Waals surface area (Å²) in [5, 5.41) is 0. The van der Waals surface area contributed by atoms with E-state index >= 15 is 0 Å². The molecule has 0 heterocycles. The predicted molar refractivity (Wildman–Crippen MR) is 81.9 cm³/mol. The lowest BCUT2D eigenvalue weighted by molar-refractivity contribution is 0.204. The summed E-state index contributed by atoms with van der Waals surface area (Å²) in [5.74, 6) is 0.826. The molecule has 0 saturated carbocycles. The van der Waals surface area contributed by atoms with Crippen LogP contribution >= 0.6 is 0 Å². The maximum absolute atomic E-state index is 2.42. The van der Waals surface area contributed by atoms with E-state index < -0.39 is 0 Å². The molecule has 0 spiro atoms. The molecule has 0 N–H and O–H groups in total. The smallest absolute Gasteiger partial charge is 0.00985 e. The molecule has 0 radical (unpaired) electrons. The number of benzene rings is 1. The van der Waals surface area contributed by atoms with Crippen LogP contribution in [0.25, 0.3) is 0 Å². The Labute approximate surface area is 114 Å². The summed E-state index contributed by atoms with van der Waals surface area (Å²) in [7, 11) is 0. The molecule has 0 aliphatic heterocycles. The van der Waals surface area contributed by atoms with Crippen molar-refractivity contribution in [2.75, 3.05) is 0 Å². The monoisotopic (exact) mass is 246 g/mol. The van der Waals surface area contributed by atoms with E-state index in [4.69, 9.17) is 0 Å². The lowest BCUT2D eigenvalue weighted by Gasteiger charge is -2.37. The van der Waals surface area contributed by atoms with E-state index in [1.165, 1.54) is 24.8 Å². The van der Waals surface area contributed by atoms with Gasteiger partial charge in [0.1, 0.15) is 0 Å². The molecule has 0 bridgehead atoms. The van der Waals surface area contributed by atoms with Gasteiger partial charge < -0.3 is 0 Å². The van der Waals surface area contributed by atoms with Gasteiger partial charge in [-0.2, -0.15) is 0 Å².